The van der Waals surface area contributed by atoms with Gasteiger partial charge in [0.15, 0.2) is 0 Å². The Hall–Kier alpha value is -4.36. The molecule has 0 aliphatic heterocycles. The highest BCUT2D eigenvalue weighted by molar-refractivity contribution is 5.91. The Labute approximate surface area is 208 Å². The van der Waals surface area contributed by atoms with Crippen molar-refractivity contribution in [1.29, 1.82) is 0 Å². The monoisotopic (exact) mass is 451 g/mol. The van der Waals surface area contributed by atoms with Gasteiger partial charge >= 0.3 is 0 Å². The quantitative estimate of drug-likeness (QED) is 0.232. The summed E-state index contributed by atoms with van der Waals surface area (Å²) >= 11 is 0. The van der Waals surface area contributed by atoms with Crippen molar-refractivity contribution in [3.8, 4) is 0 Å². The predicted octanol–water partition coefficient (Wildman–Crippen LogP) is 9.36. The minimum Gasteiger partial charge on any atom is -0.311 e. The van der Waals surface area contributed by atoms with Crippen molar-refractivity contribution in [2.45, 2.75) is 13.8 Å². The minimum absolute atomic E-state index is 1.14. The molecule has 0 bridgehead atoms. The lowest BCUT2D eigenvalue weighted by molar-refractivity contribution is 1.27. The molecule has 0 aliphatic carbocycles. The van der Waals surface area contributed by atoms with Crippen molar-refractivity contribution in [2.75, 3.05) is 4.90 Å². The summed E-state index contributed by atoms with van der Waals surface area (Å²) in [5.74, 6) is 0. The Balaban J connectivity index is 1.55. The maximum Gasteiger partial charge on any atom is 0.0462 e. The first-order chi connectivity index (χ1) is 17.2. The van der Waals surface area contributed by atoms with Gasteiger partial charge in [0, 0.05) is 17.1 Å². The molecule has 5 rings (SSSR count). The van der Waals surface area contributed by atoms with Crippen LogP contribution in [-0.2, 0) is 0 Å². The summed E-state index contributed by atoms with van der Waals surface area (Å²) in [6.45, 7) is 4.25. The van der Waals surface area contributed by atoms with Crippen LogP contribution in [0.2, 0.25) is 0 Å². The molecule has 0 N–H and O–H groups in total. The summed E-state index contributed by atoms with van der Waals surface area (Å²) in [6.07, 6.45) is 2.27. The first kappa shape index (κ1) is 22.4. The highest BCUT2D eigenvalue weighted by Crippen LogP contribution is 2.35. The molecule has 1 nitrogen and oxygen atoms in total. The minimum atomic E-state index is 1.14. The molecule has 0 spiro atoms. The molecule has 0 saturated carbocycles. The zero-order valence-electron chi connectivity index (χ0n) is 20.2. The van der Waals surface area contributed by atoms with Crippen LogP contribution in [0.3, 0.4) is 0 Å². The second-order valence-corrected chi connectivity index (χ2v) is 8.89. The molecule has 0 aromatic heterocycles. The second-order valence-electron chi connectivity index (χ2n) is 8.89. The third-order valence-corrected chi connectivity index (χ3v) is 6.22. The molecule has 0 unspecified atom stereocenters. The van der Waals surface area contributed by atoms with Crippen LogP contribution in [0.4, 0.5) is 17.1 Å². The van der Waals surface area contributed by atoms with E-state index >= 15 is 0 Å². The Kier molecular flexibility index (Phi) is 6.59. The van der Waals surface area contributed by atoms with Crippen LogP contribution in [0.1, 0.15) is 27.8 Å². The van der Waals surface area contributed by atoms with Gasteiger partial charge in [0.25, 0.3) is 0 Å². The van der Waals surface area contributed by atoms with Crippen LogP contribution >= 0.6 is 0 Å². The molecule has 1 heteroatoms. The van der Waals surface area contributed by atoms with E-state index in [1.54, 1.807) is 0 Å². The highest BCUT2D eigenvalue weighted by Gasteiger charge is 2.12. The van der Waals surface area contributed by atoms with Crippen LogP contribution in [0.15, 0.2) is 133 Å². The van der Waals surface area contributed by atoms with Crippen molar-refractivity contribution in [3.63, 3.8) is 0 Å². The van der Waals surface area contributed by atoms with Gasteiger partial charge in [0.2, 0.25) is 0 Å². The lowest BCUT2D eigenvalue weighted by Crippen LogP contribution is -2.09. The molecule has 0 atom stereocenters. The summed E-state index contributed by atoms with van der Waals surface area (Å²) in [4.78, 5) is 2.31. The zero-order valence-corrected chi connectivity index (χ0v) is 20.2. The Morgan fingerprint density at radius 2 is 0.829 bits per heavy atom. The van der Waals surface area contributed by atoms with Crippen LogP contribution in [-0.4, -0.2) is 0 Å². The van der Waals surface area contributed by atoms with E-state index in [1.165, 1.54) is 33.4 Å². The Morgan fingerprint density at radius 1 is 0.457 bits per heavy atom. The van der Waals surface area contributed by atoms with E-state index in [9.17, 15) is 0 Å². The molecule has 0 heterocycles. The molecule has 35 heavy (non-hydrogen) atoms. The lowest BCUT2D eigenvalue weighted by atomic mass is 9.95. The van der Waals surface area contributed by atoms with Crippen molar-refractivity contribution in [2.24, 2.45) is 0 Å². The molecule has 5 aromatic carbocycles. The summed E-state index contributed by atoms with van der Waals surface area (Å²) in [5.41, 5.74) is 10.8. The fraction of sp³-hybridized carbons (Fsp3) is 0.0588. The SMILES string of the molecule is Cc1ccc(N(c2ccc(C)cc2)c2ccc(C=C(c3ccccc3)c3ccccc3)cc2)cc1. The van der Waals surface area contributed by atoms with E-state index < -0.39 is 0 Å². The van der Waals surface area contributed by atoms with E-state index in [2.05, 4.69) is 158 Å². The molecule has 0 saturated heterocycles. The summed E-state index contributed by atoms with van der Waals surface area (Å²) in [6, 6.07) is 47.4. The first-order valence-corrected chi connectivity index (χ1v) is 12.0. The van der Waals surface area contributed by atoms with E-state index in [1.807, 2.05) is 0 Å². The Morgan fingerprint density at radius 3 is 1.23 bits per heavy atom. The largest absolute Gasteiger partial charge is 0.311 e. The van der Waals surface area contributed by atoms with Gasteiger partial charge in [-0.15, -0.1) is 0 Å². The molecular formula is C34H29N. The second kappa shape index (κ2) is 10.3. The number of hydrogen-bond acceptors (Lipinski definition) is 1. The van der Waals surface area contributed by atoms with Gasteiger partial charge in [-0.25, -0.2) is 0 Å². The van der Waals surface area contributed by atoms with Crippen molar-refractivity contribution < 1.29 is 0 Å². The highest BCUT2D eigenvalue weighted by atomic mass is 15.1. The number of anilines is 3. The molecule has 0 amide bonds. The predicted molar refractivity (Wildman–Crippen MR) is 150 cm³/mol. The summed E-state index contributed by atoms with van der Waals surface area (Å²) in [5, 5.41) is 0. The average molecular weight is 452 g/mol. The van der Waals surface area contributed by atoms with E-state index in [0.717, 1.165) is 17.1 Å². The summed E-state index contributed by atoms with van der Waals surface area (Å²) < 4.78 is 0. The van der Waals surface area contributed by atoms with Crippen molar-refractivity contribution in [1.82, 2.24) is 0 Å². The number of nitrogens with zero attached hydrogens (tertiary/aromatic N) is 1. The fourth-order valence-corrected chi connectivity index (χ4v) is 4.29. The third kappa shape index (κ3) is 5.26. The normalized spacial score (nSPS) is 10.6. The van der Waals surface area contributed by atoms with Crippen LogP contribution < -0.4 is 4.90 Å². The number of rotatable bonds is 6. The molecule has 5 aromatic rings. The maximum absolute atomic E-state index is 2.31. The van der Waals surface area contributed by atoms with Gasteiger partial charge in [-0.1, -0.05) is 108 Å². The molecular weight excluding hydrogens is 422 g/mol. The zero-order chi connectivity index (χ0) is 24.0. The molecule has 0 aliphatic rings. The molecule has 170 valence electrons. The van der Waals surface area contributed by atoms with Gasteiger partial charge in [-0.3, -0.25) is 0 Å². The number of hydrogen-bond donors (Lipinski definition) is 0. The fourth-order valence-electron chi connectivity index (χ4n) is 4.29. The van der Waals surface area contributed by atoms with Gasteiger partial charge in [0.1, 0.15) is 0 Å². The van der Waals surface area contributed by atoms with Crippen LogP contribution in [0, 0.1) is 13.8 Å². The van der Waals surface area contributed by atoms with Crippen molar-refractivity contribution in [3.05, 3.63) is 161 Å². The van der Waals surface area contributed by atoms with Gasteiger partial charge in [-0.05, 0) is 78.6 Å². The maximum atomic E-state index is 2.31. The average Bonchev–Trinajstić information content (AvgIpc) is 2.91. The number of aryl methyl sites for hydroxylation is 2. The first-order valence-electron chi connectivity index (χ1n) is 12.0. The van der Waals surface area contributed by atoms with Crippen LogP contribution in [0.5, 0.6) is 0 Å². The smallest absolute Gasteiger partial charge is 0.0462 e. The van der Waals surface area contributed by atoms with Crippen molar-refractivity contribution >= 4 is 28.7 Å². The van der Waals surface area contributed by atoms with E-state index in [-0.39, 0.29) is 0 Å². The van der Waals surface area contributed by atoms with E-state index in [0.29, 0.717) is 0 Å². The molecule has 0 radical (unpaired) electrons. The third-order valence-electron chi connectivity index (χ3n) is 6.22. The Bertz CT molecular complexity index is 1310. The van der Waals surface area contributed by atoms with Gasteiger partial charge in [-0.2, -0.15) is 0 Å². The summed E-state index contributed by atoms with van der Waals surface area (Å²) in [7, 11) is 0. The topological polar surface area (TPSA) is 3.24 Å². The van der Waals surface area contributed by atoms with Gasteiger partial charge in [0.05, 0.1) is 0 Å². The molecule has 0 fully saturated rings. The lowest BCUT2D eigenvalue weighted by Gasteiger charge is -2.26. The van der Waals surface area contributed by atoms with Gasteiger partial charge < -0.3 is 4.90 Å². The van der Waals surface area contributed by atoms with E-state index in [4.69, 9.17) is 0 Å². The number of benzene rings is 5. The standard InChI is InChI=1S/C34H29N/c1-26-13-19-31(20-14-26)35(32-21-15-27(2)16-22-32)33-23-17-28(18-24-33)25-34(29-9-5-3-6-10-29)30-11-7-4-8-12-30/h3-25H,1-2H3. The van der Waals surface area contributed by atoms with Crippen LogP contribution in [0.25, 0.3) is 11.6 Å².